The van der Waals surface area contributed by atoms with E-state index in [1.807, 2.05) is 23.1 Å². The molecule has 1 aliphatic rings. The first-order valence-corrected chi connectivity index (χ1v) is 8.63. The number of piperazine rings is 1. The Hall–Kier alpha value is -2.08. The predicted octanol–water partition coefficient (Wildman–Crippen LogP) is 2.99. The molecule has 0 unspecified atom stereocenters. The van der Waals surface area contributed by atoms with Gasteiger partial charge in [-0.05, 0) is 35.4 Å². The third-order valence-electron chi connectivity index (χ3n) is 4.51. The first-order chi connectivity index (χ1) is 12.0. The van der Waals surface area contributed by atoms with Gasteiger partial charge in [-0.2, -0.15) is 0 Å². The molecule has 1 saturated heterocycles. The second-order valence-corrected chi connectivity index (χ2v) is 6.71. The topological polar surface area (TPSA) is 64.0 Å². The summed E-state index contributed by atoms with van der Waals surface area (Å²) in [4.78, 5) is 16.0. The van der Waals surface area contributed by atoms with Crippen molar-refractivity contribution >= 4 is 17.6 Å². The fourth-order valence-electron chi connectivity index (χ4n) is 3.24. The maximum absolute atomic E-state index is 11.8. The molecule has 0 aromatic heterocycles. The lowest BCUT2D eigenvalue weighted by molar-refractivity contribution is -0.144. The van der Waals surface area contributed by atoms with E-state index in [-0.39, 0.29) is 5.75 Å². The van der Waals surface area contributed by atoms with Crippen molar-refractivity contribution in [3.8, 4) is 5.75 Å². The van der Waals surface area contributed by atoms with Gasteiger partial charge in [0.1, 0.15) is 11.8 Å². The largest absolute Gasteiger partial charge is 0.508 e. The van der Waals surface area contributed by atoms with Crippen LogP contribution < -0.4 is 0 Å². The number of phenols is 1. The zero-order valence-electron chi connectivity index (χ0n) is 13.8. The molecule has 0 spiro atoms. The Labute approximate surface area is 152 Å². The quantitative estimate of drug-likeness (QED) is 0.858. The number of hydrogen-bond acceptors (Lipinski definition) is 4. The average Bonchev–Trinajstić information content (AvgIpc) is 2.58. The number of carboxylic acids is 1. The summed E-state index contributed by atoms with van der Waals surface area (Å²) in [6.45, 7) is 3.77. The van der Waals surface area contributed by atoms with Crippen molar-refractivity contribution in [2.45, 2.75) is 12.6 Å². The SMILES string of the molecule is O=C(O)[C@H](c1ccc(O)cc1)N1CCN(Cc2cccc(Cl)c2)CC1. The highest BCUT2D eigenvalue weighted by Gasteiger charge is 2.30. The summed E-state index contributed by atoms with van der Waals surface area (Å²) < 4.78 is 0. The minimum absolute atomic E-state index is 0.138. The molecule has 1 heterocycles. The molecule has 2 N–H and O–H groups in total. The van der Waals surface area contributed by atoms with E-state index < -0.39 is 12.0 Å². The number of halogens is 1. The van der Waals surface area contributed by atoms with Crippen molar-refractivity contribution in [1.29, 1.82) is 0 Å². The second kappa shape index (κ2) is 7.87. The fourth-order valence-corrected chi connectivity index (χ4v) is 3.45. The van der Waals surface area contributed by atoms with Crippen LogP contribution in [0.25, 0.3) is 0 Å². The van der Waals surface area contributed by atoms with Crippen LogP contribution in [-0.4, -0.2) is 52.2 Å². The number of carboxylic acid groups (broad SMARTS) is 1. The van der Waals surface area contributed by atoms with Gasteiger partial charge in [-0.3, -0.25) is 14.6 Å². The minimum Gasteiger partial charge on any atom is -0.508 e. The molecule has 0 amide bonds. The van der Waals surface area contributed by atoms with Crippen LogP contribution >= 0.6 is 11.6 Å². The van der Waals surface area contributed by atoms with Gasteiger partial charge in [0, 0.05) is 37.7 Å². The highest BCUT2D eigenvalue weighted by molar-refractivity contribution is 6.30. The van der Waals surface area contributed by atoms with Gasteiger partial charge in [0.2, 0.25) is 0 Å². The van der Waals surface area contributed by atoms with Crippen molar-refractivity contribution < 1.29 is 15.0 Å². The number of nitrogens with zero attached hydrogens (tertiary/aromatic N) is 2. The molecule has 1 aliphatic heterocycles. The number of benzene rings is 2. The van der Waals surface area contributed by atoms with E-state index >= 15 is 0 Å². The smallest absolute Gasteiger partial charge is 0.325 e. The van der Waals surface area contributed by atoms with E-state index in [0.717, 1.165) is 30.2 Å². The number of carbonyl (C=O) groups is 1. The van der Waals surface area contributed by atoms with Gasteiger partial charge in [-0.15, -0.1) is 0 Å². The Kier molecular flexibility index (Phi) is 5.58. The van der Waals surface area contributed by atoms with E-state index in [2.05, 4.69) is 11.0 Å². The molecular weight excluding hydrogens is 340 g/mol. The molecule has 5 nitrogen and oxygen atoms in total. The van der Waals surface area contributed by atoms with Crippen LogP contribution in [0.2, 0.25) is 5.02 Å². The molecule has 6 heteroatoms. The lowest BCUT2D eigenvalue weighted by Crippen LogP contribution is -2.48. The summed E-state index contributed by atoms with van der Waals surface area (Å²) in [6.07, 6.45) is 0. The van der Waals surface area contributed by atoms with E-state index in [4.69, 9.17) is 11.6 Å². The zero-order chi connectivity index (χ0) is 17.8. The number of hydrogen-bond donors (Lipinski definition) is 2. The van der Waals surface area contributed by atoms with Crippen molar-refractivity contribution in [3.05, 3.63) is 64.7 Å². The van der Waals surface area contributed by atoms with Crippen LogP contribution in [0.1, 0.15) is 17.2 Å². The van der Waals surface area contributed by atoms with Gasteiger partial charge in [0.25, 0.3) is 0 Å². The molecule has 2 aromatic rings. The average molecular weight is 361 g/mol. The summed E-state index contributed by atoms with van der Waals surface area (Å²) in [5, 5.41) is 19.8. The molecule has 132 valence electrons. The van der Waals surface area contributed by atoms with Crippen LogP contribution in [0.5, 0.6) is 5.75 Å². The van der Waals surface area contributed by atoms with Crippen LogP contribution in [-0.2, 0) is 11.3 Å². The van der Waals surface area contributed by atoms with Gasteiger partial charge >= 0.3 is 5.97 Å². The highest BCUT2D eigenvalue weighted by atomic mass is 35.5. The standard InChI is InChI=1S/C19H21ClN2O3/c20-16-3-1-2-14(12-16)13-21-8-10-22(11-9-21)18(19(24)25)15-4-6-17(23)7-5-15/h1-7,12,18,23H,8-11,13H2,(H,24,25)/t18-/m0/s1. The van der Waals surface area contributed by atoms with Gasteiger partial charge in [0.15, 0.2) is 0 Å². The van der Waals surface area contributed by atoms with Crippen molar-refractivity contribution in [1.82, 2.24) is 9.80 Å². The van der Waals surface area contributed by atoms with Crippen molar-refractivity contribution in [2.24, 2.45) is 0 Å². The summed E-state index contributed by atoms with van der Waals surface area (Å²) in [5.41, 5.74) is 1.85. The van der Waals surface area contributed by atoms with Crippen LogP contribution in [0.15, 0.2) is 48.5 Å². The minimum atomic E-state index is -0.867. The number of aliphatic carboxylic acids is 1. The molecule has 3 rings (SSSR count). The van der Waals surface area contributed by atoms with Gasteiger partial charge < -0.3 is 10.2 Å². The molecule has 1 atom stereocenters. The summed E-state index contributed by atoms with van der Waals surface area (Å²) in [5.74, 6) is -0.729. The third kappa shape index (κ3) is 4.51. The normalized spacial score (nSPS) is 17.3. The van der Waals surface area contributed by atoms with Gasteiger partial charge in [0.05, 0.1) is 0 Å². The Morgan fingerprint density at radius 1 is 1.08 bits per heavy atom. The lowest BCUT2D eigenvalue weighted by atomic mass is 10.0. The third-order valence-corrected chi connectivity index (χ3v) is 4.75. The first-order valence-electron chi connectivity index (χ1n) is 8.25. The Balaban J connectivity index is 1.63. The molecular formula is C19H21ClN2O3. The number of aromatic hydroxyl groups is 1. The Bertz CT molecular complexity index is 728. The number of phenolic OH excluding ortho intramolecular Hbond substituents is 1. The van der Waals surface area contributed by atoms with E-state index in [0.29, 0.717) is 18.7 Å². The molecule has 2 aromatic carbocycles. The maximum Gasteiger partial charge on any atom is 0.325 e. The van der Waals surface area contributed by atoms with Crippen LogP contribution in [0.3, 0.4) is 0 Å². The Morgan fingerprint density at radius 3 is 2.36 bits per heavy atom. The van der Waals surface area contributed by atoms with E-state index in [9.17, 15) is 15.0 Å². The summed E-state index contributed by atoms with van der Waals surface area (Å²) in [6, 6.07) is 13.5. The van der Waals surface area contributed by atoms with Crippen LogP contribution in [0, 0.1) is 0 Å². The molecule has 0 radical (unpaired) electrons. The van der Waals surface area contributed by atoms with E-state index in [1.165, 1.54) is 12.1 Å². The summed E-state index contributed by atoms with van der Waals surface area (Å²) >= 11 is 6.03. The van der Waals surface area contributed by atoms with Crippen LogP contribution in [0.4, 0.5) is 0 Å². The molecule has 0 bridgehead atoms. The summed E-state index contributed by atoms with van der Waals surface area (Å²) in [7, 11) is 0. The van der Waals surface area contributed by atoms with Crippen molar-refractivity contribution in [2.75, 3.05) is 26.2 Å². The molecule has 1 fully saturated rings. The van der Waals surface area contributed by atoms with E-state index in [1.54, 1.807) is 12.1 Å². The Morgan fingerprint density at radius 2 is 1.76 bits per heavy atom. The monoisotopic (exact) mass is 360 g/mol. The fraction of sp³-hybridized carbons (Fsp3) is 0.316. The predicted molar refractivity (Wildman–Crippen MR) is 96.8 cm³/mol. The lowest BCUT2D eigenvalue weighted by Gasteiger charge is -2.37. The highest BCUT2D eigenvalue weighted by Crippen LogP contribution is 2.25. The van der Waals surface area contributed by atoms with Gasteiger partial charge in [-0.25, -0.2) is 0 Å². The van der Waals surface area contributed by atoms with Crippen molar-refractivity contribution in [3.63, 3.8) is 0 Å². The molecule has 0 aliphatic carbocycles. The second-order valence-electron chi connectivity index (χ2n) is 6.27. The zero-order valence-corrected chi connectivity index (χ0v) is 14.6. The maximum atomic E-state index is 11.8. The van der Waals surface area contributed by atoms with Gasteiger partial charge in [-0.1, -0.05) is 35.9 Å². The molecule has 0 saturated carbocycles. The number of rotatable bonds is 5. The molecule has 25 heavy (non-hydrogen) atoms. The first kappa shape index (κ1) is 17.7.